The lowest BCUT2D eigenvalue weighted by molar-refractivity contribution is 0.108. The summed E-state index contributed by atoms with van der Waals surface area (Å²) in [4.78, 5) is 0. The van der Waals surface area contributed by atoms with Crippen LogP contribution in [-0.4, -0.2) is 25.9 Å². The SMILES string of the molecule is NCC1NCCO1. The van der Waals surface area contributed by atoms with Gasteiger partial charge in [-0.25, -0.2) is 0 Å². The summed E-state index contributed by atoms with van der Waals surface area (Å²) in [6.45, 7) is 2.34. The molecule has 3 N–H and O–H groups in total. The normalized spacial score (nSPS) is 31.3. The van der Waals surface area contributed by atoms with Gasteiger partial charge in [0.1, 0.15) is 6.23 Å². The van der Waals surface area contributed by atoms with E-state index >= 15 is 0 Å². The number of hydrogen-bond donors (Lipinski definition) is 2. The molecule has 0 radical (unpaired) electrons. The average molecular weight is 102 g/mol. The van der Waals surface area contributed by atoms with Crippen molar-refractivity contribution in [2.24, 2.45) is 5.73 Å². The summed E-state index contributed by atoms with van der Waals surface area (Å²) in [5.74, 6) is 0. The molecule has 1 atom stereocenters. The minimum Gasteiger partial charge on any atom is -0.361 e. The van der Waals surface area contributed by atoms with Crippen LogP contribution in [-0.2, 0) is 4.74 Å². The molecule has 0 aromatic carbocycles. The van der Waals surface area contributed by atoms with E-state index in [-0.39, 0.29) is 6.23 Å². The topological polar surface area (TPSA) is 47.3 Å². The second-order valence-corrected chi connectivity index (χ2v) is 1.55. The molecular formula is C4H10N2O. The quantitative estimate of drug-likeness (QED) is 0.441. The Balaban J connectivity index is 2.14. The molecule has 0 amide bonds. The minimum atomic E-state index is 0.125. The van der Waals surface area contributed by atoms with Crippen LogP contribution in [0.5, 0.6) is 0 Å². The fourth-order valence-corrected chi connectivity index (χ4v) is 0.631. The number of nitrogens with one attached hydrogen (secondary N) is 1. The third kappa shape index (κ3) is 1.12. The molecule has 1 unspecified atom stereocenters. The molecular weight excluding hydrogens is 92.1 g/mol. The first-order chi connectivity index (χ1) is 3.43. The maximum atomic E-state index is 5.25. The maximum absolute atomic E-state index is 5.25. The standard InChI is InChI=1S/C4H10N2O/c5-3-4-6-1-2-7-4/h4,6H,1-3,5H2. The maximum Gasteiger partial charge on any atom is 0.120 e. The van der Waals surface area contributed by atoms with Gasteiger partial charge in [-0.05, 0) is 0 Å². The van der Waals surface area contributed by atoms with E-state index in [0.29, 0.717) is 6.54 Å². The van der Waals surface area contributed by atoms with Gasteiger partial charge in [0.25, 0.3) is 0 Å². The fourth-order valence-electron chi connectivity index (χ4n) is 0.631. The Labute approximate surface area is 42.8 Å². The summed E-state index contributed by atoms with van der Waals surface area (Å²) < 4.78 is 5.07. The molecule has 0 saturated carbocycles. The number of nitrogens with two attached hydrogens (primary N) is 1. The predicted molar refractivity (Wildman–Crippen MR) is 26.8 cm³/mol. The molecule has 42 valence electrons. The van der Waals surface area contributed by atoms with E-state index in [0.717, 1.165) is 13.2 Å². The molecule has 0 aromatic rings. The number of ether oxygens (including phenoxy) is 1. The van der Waals surface area contributed by atoms with E-state index in [4.69, 9.17) is 10.5 Å². The molecule has 0 aliphatic carbocycles. The van der Waals surface area contributed by atoms with Crippen LogP contribution < -0.4 is 11.1 Å². The van der Waals surface area contributed by atoms with Crippen LogP contribution in [0.25, 0.3) is 0 Å². The molecule has 3 heteroatoms. The molecule has 3 nitrogen and oxygen atoms in total. The zero-order valence-electron chi connectivity index (χ0n) is 4.18. The second-order valence-electron chi connectivity index (χ2n) is 1.55. The molecule has 7 heavy (non-hydrogen) atoms. The highest BCUT2D eigenvalue weighted by Gasteiger charge is 2.10. The second kappa shape index (κ2) is 2.26. The van der Waals surface area contributed by atoms with Crippen molar-refractivity contribution >= 4 is 0 Å². The molecule has 1 aliphatic rings. The summed E-state index contributed by atoms with van der Waals surface area (Å²) in [6.07, 6.45) is 0.125. The summed E-state index contributed by atoms with van der Waals surface area (Å²) in [5, 5.41) is 3.06. The smallest absolute Gasteiger partial charge is 0.120 e. The third-order valence-corrected chi connectivity index (χ3v) is 1.01. The van der Waals surface area contributed by atoms with Crippen molar-refractivity contribution in [1.82, 2.24) is 5.32 Å². The molecule has 0 spiro atoms. The van der Waals surface area contributed by atoms with Crippen molar-refractivity contribution in [3.63, 3.8) is 0 Å². The lowest BCUT2D eigenvalue weighted by atomic mass is 10.6. The third-order valence-electron chi connectivity index (χ3n) is 1.01. The monoisotopic (exact) mass is 102 g/mol. The van der Waals surface area contributed by atoms with Crippen molar-refractivity contribution < 1.29 is 4.74 Å². The Bertz CT molecular complexity index is 51.7. The van der Waals surface area contributed by atoms with Crippen LogP contribution in [0.1, 0.15) is 0 Å². The minimum absolute atomic E-state index is 0.125. The van der Waals surface area contributed by atoms with Crippen LogP contribution in [0.3, 0.4) is 0 Å². The van der Waals surface area contributed by atoms with E-state index in [1.807, 2.05) is 0 Å². The van der Waals surface area contributed by atoms with Gasteiger partial charge >= 0.3 is 0 Å². The van der Waals surface area contributed by atoms with Crippen molar-refractivity contribution in [1.29, 1.82) is 0 Å². The summed E-state index contributed by atoms with van der Waals surface area (Å²) in [5.41, 5.74) is 5.25. The van der Waals surface area contributed by atoms with Gasteiger partial charge in [-0.2, -0.15) is 0 Å². The lowest BCUT2D eigenvalue weighted by Crippen LogP contribution is -2.30. The van der Waals surface area contributed by atoms with E-state index < -0.39 is 0 Å². The van der Waals surface area contributed by atoms with Crippen LogP contribution in [0, 0.1) is 0 Å². The summed E-state index contributed by atoms with van der Waals surface area (Å²) in [6, 6.07) is 0. The molecule has 1 saturated heterocycles. The summed E-state index contributed by atoms with van der Waals surface area (Å²) >= 11 is 0. The van der Waals surface area contributed by atoms with Crippen LogP contribution >= 0.6 is 0 Å². The number of hydrogen-bond acceptors (Lipinski definition) is 3. The lowest BCUT2D eigenvalue weighted by Gasteiger charge is -2.02. The van der Waals surface area contributed by atoms with Crippen LogP contribution in [0.4, 0.5) is 0 Å². The van der Waals surface area contributed by atoms with Gasteiger partial charge in [0, 0.05) is 13.1 Å². The predicted octanol–water partition coefficient (Wildman–Crippen LogP) is -1.11. The molecule has 1 rings (SSSR count). The molecule has 1 heterocycles. The van der Waals surface area contributed by atoms with E-state index in [1.165, 1.54) is 0 Å². The molecule has 1 aliphatic heterocycles. The van der Waals surface area contributed by atoms with Crippen molar-refractivity contribution in [2.45, 2.75) is 6.23 Å². The summed E-state index contributed by atoms with van der Waals surface area (Å²) in [7, 11) is 0. The Hall–Kier alpha value is -0.120. The van der Waals surface area contributed by atoms with E-state index in [1.54, 1.807) is 0 Å². The average Bonchev–Trinajstić information content (AvgIpc) is 2.14. The highest BCUT2D eigenvalue weighted by molar-refractivity contribution is 4.61. The van der Waals surface area contributed by atoms with Gasteiger partial charge < -0.3 is 10.5 Å². The highest BCUT2D eigenvalue weighted by atomic mass is 16.5. The number of rotatable bonds is 1. The van der Waals surface area contributed by atoms with Crippen molar-refractivity contribution in [3.05, 3.63) is 0 Å². The molecule has 0 aromatic heterocycles. The van der Waals surface area contributed by atoms with E-state index in [2.05, 4.69) is 5.32 Å². The fraction of sp³-hybridized carbons (Fsp3) is 1.00. The first-order valence-electron chi connectivity index (χ1n) is 2.48. The van der Waals surface area contributed by atoms with Gasteiger partial charge in [0.05, 0.1) is 6.61 Å². The Morgan fingerprint density at radius 3 is 3.00 bits per heavy atom. The zero-order valence-corrected chi connectivity index (χ0v) is 4.18. The molecule has 0 bridgehead atoms. The first kappa shape index (κ1) is 5.03. The van der Waals surface area contributed by atoms with Gasteiger partial charge in [0.2, 0.25) is 0 Å². The van der Waals surface area contributed by atoms with Gasteiger partial charge in [-0.3, -0.25) is 5.32 Å². The van der Waals surface area contributed by atoms with Crippen molar-refractivity contribution in [3.8, 4) is 0 Å². The Kier molecular flexibility index (Phi) is 1.62. The first-order valence-corrected chi connectivity index (χ1v) is 2.48. The van der Waals surface area contributed by atoms with Crippen molar-refractivity contribution in [2.75, 3.05) is 19.7 Å². The zero-order chi connectivity index (χ0) is 5.11. The van der Waals surface area contributed by atoms with Gasteiger partial charge in [-0.15, -0.1) is 0 Å². The van der Waals surface area contributed by atoms with Gasteiger partial charge in [-0.1, -0.05) is 0 Å². The van der Waals surface area contributed by atoms with Crippen LogP contribution in [0.2, 0.25) is 0 Å². The van der Waals surface area contributed by atoms with E-state index in [9.17, 15) is 0 Å². The van der Waals surface area contributed by atoms with Gasteiger partial charge in [0.15, 0.2) is 0 Å². The molecule has 1 fully saturated rings. The highest BCUT2D eigenvalue weighted by Crippen LogP contribution is 1.89. The van der Waals surface area contributed by atoms with Crippen LogP contribution in [0.15, 0.2) is 0 Å². The Morgan fingerprint density at radius 1 is 1.86 bits per heavy atom. The Morgan fingerprint density at radius 2 is 2.71 bits per heavy atom. The largest absolute Gasteiger partial charge is 0.361 e.